The highest BCUT2D eigenvalue weighted by atomic mass is 35.5. The summed E-state index contributed by atoms with van der Waals surface area (Å²) >= 11 is 12.0. The average molecular weight is 408 g/mol. The quantitative estimate of drug-likeness (QED) is 0.775. The van der Waals surface area contributed by atoms with Crippen molar-refractivity contribution in [2.45, 2.75) is 32.7 Å². The molecule has 2 aromatic rings. The van der Waals surface area contributed by atoms with E-state index in [-0.39, 0.29) is 11.9 Å². The van der Waals surface area contributed by atoms with Gasteiger partial charge in [-0.3, -0.25) is 4.79 Å². The van der Waals surface area contributed by atoms with Gasteiger partial charge in [0.1, 0.15) is 5.82 Å². The molecule has 6 nitrogen and oxygen atoms in total. The van der Waals surface area contributed by atoms with E-state index in [2.05, 4.69) is 20.6 Å². The molecule has 144 valence electrons. The van der Waals surface area contributed by atoms with Crippen LogP contribution in [0.15, 0.2) is 24.3 Å². The first-order chi connectivity index (χ1) is 12.9. The standard InChI is InChI=1S/C19H23Cl2N5O/c1-3-22-17-8-12(2)23-19(25-17)24-16-4-6-26(7-5-16)18(27)13-9-14(20)11-15(21)10-13/h8-11,16H,3-7H2,1-2H3,(H2,22,23,24,25). The van der Waals surface area contributed by atoms with Gasteiger partial charge < -0.3 is 15.5 Å². The Kier molecular flexibility index (Phi) is 6.39. The molecule has 0 saturated carbocycles. The highest BCUT2D eigenvalue weighted by Gasteiger charge is 2.24. The molecule has 2 N–H and O–H groups in total. The topological polar surface area (TPSA) is 70.2 Å². The van der Waals surface area contributed by atoms with Crippen LogP contribution in [0, 0.1) is 6.92 Å². The number of aryl methyl sites for hydroxylation is 1. The Labute approximate surface area is 169 Å². The van der Waals surface area contributed by atoms with Crippen LogP contribution in [0.3, 0.4) is 0 Å². The van der Waals surface area contributed by atoms with Crippen LogP contribution in [0.2, 0.25) is 10.0 Å². The van der Waals surface area contributed by atoms with Gasteiger partial charge in [0.05, 0.1) is 0 Å². The van der Waals surface area contributed by atoms with Gasteiger partial charge in [-0.25, -0.2) is 4.98 Å². The van der Waals surface area contributed by atoms with Crippen molar-refractivity contribution < 1.29 is 4.79 Å². The number of halogens is 2. The Balaban J connectivity index is 1.59. The van der Waals surface area contributed by atoms with Crippen LogP contribution < -0.4 is 10.6 Å². The van der Waals surface area contributed by atoms with E-state index < -0.39 is 0 Å². The molecule has 8 heteroatoms. The van der Waals surface area contributed by atoms with E-state index >= 15 is 0 Å². The van der Waals surface area contributed by atoms with E-state index in [1.54, 1.807) is 18.2 Å². The van der Waals surface area contributed by atoms with Crippen molar-refractivity contribution in [1.82, 2.24) is 14.9 Å². The van der Waals surface area contributed by atoms with Crippen molar-refractivity contribution in [2.75, 3.05) is 30.3 Å². The lowest BCUT2D eigenvalue weighted by atomic mass is 10.0. The summed E-state index contributed by atoms with van der Waals surface area (Å²) < 4.78 is 0. The van der Waals surface area contributed by atoms with Crippen LogP contribution in [0.25, 0.3) is 0 Å². The Bertz CT molecular complexity index is 801. The number of nitrogens with one attached hydrogen (secondary N) is 2. The summed E-state index contributed by atoms with van der Waals surface area (Å²) in [5.74, 6) is 1.40. The zero-order valence-electron chi connectivity index (χ0n) is 15.4. The smallest absolute Gasteiger partial charge is 0.253 e. The maximum atomic E-state index is 12.7. The molecule has 1 amide bonds. The highest BCUT2D eigenvalue weighted by Crippen LogP contribution is 2.22. The van der Waals surface area contributed by atoms with Gasteiger partial charge in [0.2, 0.25) is 5.95 Å². The molecule has 0 spiro atoms. The van der Waals surface area contributed by atoms with Gasteiger partial charge in [0, 0.05) is 53.0 Å². The summed E-state index contributed by atoms with van der Waals surface area (Å²) in [5.41, 5.74) is 1.44. The number of carbonyl (C=O) groups is 1. The SMILES string of the molecule is CCNc1cc(C)nc(NC2CCN(C(=O)c3cc(Cl)cc(Cl)c3)CC2)n1. The van der Waals surface area contributed by atoms with Crippen molar-refractivity contribution in [3.63, 3.8) is 0 Å². The fraction of sp³-hybridized carbons (Fsp3) is 0.421. The monoisotopic (exact) mass is 407 g/mol. The van der Waals surface area contributed by atoms with E-state index in [0.717, 1.165) is 30.9 Å². The molecule has 3 rings (SSSR count). The Hall–Kier alpha value is -2.05. The first kappa shape index (κ1) is 19.7. The lowest BCUT2D eigenvalue weighted by Gasteiger charge is -2.32. The number of hydrogen-bond acceptors (Lipinski definition) is 5. The minimum absolute atomic E-state index is 0.0425. The van der Waals surface area contributed by atoms with E-state index in [1.165, 1.54) is 0 Å². The first-order valence-electron chi connectivity index (χ1n) is 9.06. The third-order valence-electron chi connectivity index (χ3n) is 4.44. The number of likely N-dealkylation sites (tertiary alicyclic amines) is 1. The van der Waals surface area contributed by atoms with Gasteiger partial charge in [-0.1, -0.05) is 23.2 Å². The number of piperidine rings is 1. The van der Waals surface area contributed by atoms with E-state index in [4.69, 9.17) is 23.2 Å². The lowest BCUT2D eigenvalue weighted by molar-refractivity contribution is 0.0718. The van der Waals surface area contributed by atoms with Gasteiger partial charge in [-0.2, -0.15) is 4.98 Å². The Morgan fingerprint density at radius 3 is 2.44 bits per heavy atom. The second kappa shape index (κ2) is 8.76. The molecule has 1 aromatic heterocycles. The van der Waals surface area contributed by atoms with E-state index in [0.29, 0.717) is 34.6 Å². The maximum absolute atomic E-state index is 12.7. The van der Waals surface area contributed by atoms with Gasteiger partial charge in [-0.15, -0.1) is 0 Å². The van der Waals surface area contributed by atoms with E-state index in [1.807, 2.05) is 24.8 Å². The zero-order chi connectivity index (χ0) is 19.4. The largest absolute Gasteiger partial charge is 0.370 e. The highest BCUT2D eigenvalue weighted by molar-refractivity contribution is 6.35. The third kappa shape index (κ3) is 5.23. The number of carbonyl (C=O) groups excluding carboxylic acids is 1. The molecule has 27 heavy (non-hydrogen) atoms. The summed E-state index contributed by atoms with van der Waals surface area (Å²) in [4.78, 5) is 23.5. The van der Waals surface area contributed by atoms with Crippen molar-refractivity contribution in [3.05, 3.63) is 45.6 Å². The number of benzene rings is 1. The number of nitrogens with zero attached hydrogens (tertiary/aromatic N) is 3. The lowest BCUT2D eigenvalue weighted by Crippen LogP contribution is -2.42. The minimum atomic E-state index is -0.0425. The molecule has 0 aliphatic carbocycles. The normalized spacial score (nSPS) is 14.9. The molecule has 0 radical (unpaired) electrons. The number of hydrogen-bond donors (Lipinski definition) is 2. The number of amides is 1. The number of rotatable bonds is 5. The van der Waals surface area contributed by atoms with Crippen LogP contribution in [-0.2, 0) is 0 Å². The summed E-state index contributed by atoms with van der Waals surface area (Å²) in [6.45, 7) is 6.11. The Morgan fingerprint density at radius 2 is 1.81 bits per heavy atom. The minimum Gasteiger partial charge on any atom is -0.370 e. The van der Waals surface area contributed by atoms with Gasteiger partial charge in [-0.05, 0) is 44.9 Å². The molecule has 0 bridgehead atoms. The van der Waals surface area contributed by atoms with E-state index in [9.17, 15) is 4.79 Å². The second-order valence-electron chi connectivity index (χ2n) is 6.62. The van der Waals surface area contributed by atoms with Gasteiger partial charge >= 0.3 is 0 Å². The van der Waals surface area contributed by atoms with Crippen LogP contribution in [0.4, 0.5) is 11.8 Å². The molecule has 1 aliphatic heterocycles. The molecular formula is C19H23Cl2N5O. The molecule has 1 aromatic carbocycles. The van der Waals surface area contributed by atoms with Crippen molar-refractivity contribution in [3.8, 4) is 0 Å². The zero-order valence-corrected chi connectivity index (χ0v) is 16.9. The molecule has 1 fully saturated rings. The van der Waals surface area contributed by atoms with Gasteiger partial charge in [0.15, 0.2) is 0 Å². The summed E-state index contributed by atoms with van der Waals surface area (Å²) in [6.07, 6.45) is 1.65. The third-order valence-corrected chi connectivity index (χ3v) is 4.87. The molecule has 0 unspecified atom stereocenters. The average Bonchev–Trinajstić information content (AvgIpc) is 2.61. The van der Waals surface area contributed by atoms with Crippen LogP contribution in [0.1, 0.15) is 35.8 Å². The van der Waals surface area contributed by atoms with Crippen LogP contribution in [-0.4, -0.2) is 46.5 Å². The number of aromatic nitrogens is 2. The van der Waals surface area contributed by atoms with Crippen LogP contribution in [0.5, 0.6) is 0 Å². The molecule has 1 aliphatic rings. The van der Waals surface area contributed by atoms with Crippen molar-refractivity contribution in [2.24, 2.45) is 0 Å². The summed E-state index contributed by atoms with van der Waals surface area (Å²) in [6, 6.07) is 7.09. The fourth-order valence-electron chi connectivity index (χ4n) is 3.17. The van der Waals surface area contributed by atoms with Crippen molar-refractivity contribution in [1.29, 1.82) is 0 Å². The fourth-order valence-corrected chi connectivity index (χ4v) is 3.70. The molecule has 2 heterocycles. The maximum Gasteiger partial charge on any atom is 0.253 e. The summed E-state index contributed by atoms with van der Waals surface area (Å²) in [7, 11) is 0. The first-order valence-corrected chi connectivity index (χ1v) is 9.81. The van der Waals surface area contributed by atoms with Crippen LogP contribution >= 0.6 is 23.2 Å². The van der Waals surface area contributed by atoms with Crippen molar-refractivity contribution >= 4 is 40.9 Å². The predicted octanol–water partition coefficient (Wildman–Crippen LogP) is 4.24. The summed E-state index contributed by atoms with van der Waals surface area (Å²) in [5, 5.41) is 7.54. The van der Waals surface area contributed by atoms with Gasteiger partial charge in [0.25, 0.3) is 5.91 Å². The molecule has 0 atom stereocenters. The second-order valence-corrected chi connectivity index (χ2v) is 7.49. The molecular weight excluding hydrogens is 385 g/mol. The number of anilines is 2. The Morgan fingerprint density at radius 1 is 1.15 bits per heavy atom. The predicted molar refractivity (Wildman–Crippen MR) is 110 cm³/mol. The molecule has 1 saturated heterocycles.